The fourth-order valence-corrected chi connectivity index (χ4v) is 7.94. The van der Waals surface area contributed by atoms with Gasteiger partial charge in [0.1, 0.15) is 11.0 Å². The predicted octanol–water partition coefficient (Wildman–Crippen LogP) is 7.25. The zero-order chi connectivity index (χ0) is 34.6. The Morgan fingerprint density at radius 3 is 1.76 bits per heavy atom. The average Bonchev–Trinajstić information content (AvgIpc) is 3.93. The molecule has 2 saturated heterocycles. The van der Waals surface area contributed by atoms with Crippen LogP contribution in [-0.2, 0) is 13.1 Å². The van der Waals surface area contributed by atoms with Gasteiger partial charge < -0.3 is 18.6 Å². The normalized spacial score (nSPS) is 16.4. The number of piperazine rings is 2. The molecule has 4 aromatic heterocycles. The SMILES string of the molecule is CN1CCN(Cc2ccc(-c3nc4cc(N=C=S)ccc4o3)s2)CC1.CN1CCN(Cc2ccc(-c3nc4cc([N+](=O)[O-])ccc4o3)s2)CC1. The van der Waals surface area contributed by atoms with Gasteiger partial charge in [-0.15, -0.1) is 22.7 Å². The molecule has 0 atom stereocenters. The van der Waals surface area contributed by atoms with E-state index in [2.05, 4.69) is 84.2 Å². The van der Waals surface area contributed by atoms with Crippen LogP contribution in [0, 0.1) is 10.1 Å². The number of fused-ring (bicyclic) bond motifs is 2. The van der Waals surface area contributed by atoms with Crippen LogP contribution in [0.1, 0.15) is 9.75 Å². The molecule has 0 unspecified atom stereocenters. The first-order valence-corrected chi connectivity index (χ1v) is 18.4. The molecule has 6 heterocycles. The van der Waals surface area contributed by atoms with Gasteiger partial charge in [0.05, 0.1) is 25.5 Å². The number of aliphatic imine (C=N–C) groups is 1. The Morgan fingerprint density at radius 2 is 1.26 bits per heavy atom. The fourth-order valence-electron chi connectivity index (χ4n) is 5.89. The molecule has 0 spiro atoms. The van der Waals surface area contributed by atoms with E-state index in [1.54, 1.807) is 28.7 Å². The third kappa shape index (κ3) is 8.23. The zero-order valence-corrected chi connectivity index (χ0v) is 30.2. The molecule has 0 bridgehead atoms. The van der Waals surface area contributed by atoms with Gasteiger partial charge in [-0.2, -0.15) is 4.99 Å². The molecule has 2 fully saturated rings. The summed E-state index contributed by atoms with van der Waals surface area (Å²) in [5.41, 5.74) is 3.38. The molecule has 0 N–H and O–H groups in total. The lowest BCUT2D eigenvalue weighted by Crippen LogP contribution is -2.43. The number of hydrogen-bond acceptors (Lipinski definition) is 14. The maximum absolute atomic E-state index is 10.9. The van der Waals surface area contributed by atoms with Crippen LogP contribution in [0.5, 0.6) is 0 Å². The number of thiocarbonyl (C=S) groups is 1. The van der Waals surface area contributed by atoms with E-state index < -0.39 is 4.92 Å². The lowest BCUT2D eigenvalue weighted by Gasteiger charge is -2.31. The average molecular weight is 729 g/mol. The zero-order valence-electron chi connectivity index (χ0n) is 27.8. The number of non-ortho nitro benzene ring substituents is 1. The molecule has 2 aliphatic heterocycles. The summed E-state index contributed by atoms with van der Waals surface area (Å²) in [7, 11) is 4.33. The number of aromatic nitrogens is 2. The molecule has 0 saturated carbocycles. The molecule has 8 rings (SSSR count). The lowest BCUT2D eigenvalue weighted by atomic mass is 10.3. The second-order valence-electron chi connectivity index (χ2n) is 12.5. The summed E-state index contributed by atoms with van der Waals surface area (Å²) < 4.78 is 11.7. The Morgan fingerprint density at radius 1 is 0.760 bits per heavy atom. The second-order valence-corrected chi connectivity index (χ2v) is 15.0. The van der Waals surface area contributed by atoms with E-state index >= 15 is 0 Å². The van der Waals surface area contributed by atoms with Gasteiger partial charge in [0.2, 0.25) is 11.8 Å². The molecule has 50 heavy (non-hydrogen) atoms. The Hall–Kier alpha value is -4.18. The number of thiophene rings is 2. The number of rotatable bonds is 8. The number of likely N-dealkylation sites (N-methyl/N-ethyl adjacent to an activating group) is 2. The van der Waals surface area contributed by atoms with Crippen LogP contribution >= 0.6 is 34.9 Å². The van der Waals surface area contributed by atoms with Crippen molar-refractivity contribution in [1.82, 2.24) is 29.6 Å². The quantitative estimate of drug-likeness (QED) is 0.0682. The molecule has 0 radical (unpaired) electrons. The van der Waals surface area contributed by atoms with Crippen LogP contribution in [0.15, 0.2) is 74.5 Å². The van der Waals surface area contributed by atoms with Crippen molar-refractivity contribution in [2.45, 2.75) is 13.1 Å². The number of nitrogens with zero attached hydrogens (tertiary/aromatic N) is 8. The topological polar surface area (TPSA) is 121 Å². The summed E-state index contributed by atoms with van der Waals surface area (Å²) >= 11 is 8.06. The molecular formula is C35H36N8O4S3. The fraction of sp³-hybridized carbons (Fsp3) is 0.343. The van der Waals surface area contributed by atoms with Gasteiger partial charge in [-0.05, 0) is 74.8 Å². The first kappa shape index (κ1) is 34.3. The summed E-state index contributed by atoms with van der Waals surface area (Å²) in [6, 6.07) is 18.4. The second kappa shape index (κ2) is 15.4. The van der Waals surface area contributed by atoms with Crippen LogP contribution in [0.2, 0.25) is 0 Å². The monoisotopic (exact) mass is 728 g/mol. The van der Waals surface area contributed by atoms with Crippen LogP contribution in [-0.4, -0.2) is 106 Å². The Labute approximate surface area is 302 Å². The van der Waals surface area contributed by atoms with Gasteiger partial charge in [0.25, 0.3) is 5.69 Å². The van der Waals surface area contributed by atoms with E-state index in [4.69, 9.17) is 8.83 Å². The minimum atomic E-state index is -0.424. The van der Waals surface area contributed by atoms with Gasteiger partial charge in [-0.1, -0.05) is 0 Å². The highest BCUT2D eigenvalue weighted by Crippen LogP contribution is 2.33. The third-order valence-corrected chi connectivity index (χ3v) is 11.0. The van der Waals surface area contributed by atoms with Crippen molar-refractivity contribution in [2.75, 3.05) is 66.5 Å². The molecule has 0 amide bonds. The number of nitro groups is 1. The number of nitro benzene ring substituents is 1. The smallest absolute Gasteiger partial charge is 0.271 e. The number of hydrogen-bond donors (Lipinski definition) is 0. The van der Waals surface area contributed by atoms with Crippen molar-refractivity contribution in [3.63, 3.8) is 0 Å². The summed E-state index contributed by atoms with van der Waals surface area (Å²) in [5, 5.41) is 13.3. The number of oxazole rings is 2. The van der Waals surface area contributed by atoms with Gasteiger partial charge in [-0.25, -0.2) is 9.97 Å². The van der Waals surface area contributed by atoms with Crippen molar-refractivity contribution >= 4 is 73.6 Å². The molecule has 258 valence electrons. The third-order valence-electron chi connectivity index (χ3n) is 8.82. The van der Waals surface area contributed by atoms with Gasteiger partial charge in [0, 0.05) is 87.3 Å². The van der Waals surface area contributed by atoms with E-state index in [9.17, 15) is 10.1 Å². The van der Waals surface area contributed by atoms with E-state index in [1.165, 1.54) is 21.9 Å². The van der Waals surface area contributed by atoms with Gasteiger partial charge >= 0.3 is 0 Å². The van der Waals surface area contributed by atoms with Crippen molar-refractivity contribution in [2.24, 2.45) is 4.99 Å². The van der Waals surface area contributed by atoms with E-state index in [1.807, 2.05) is 24.3 Å². The predicted molar refractivity (Wildman–Crippen MR) is 202 cm³/mol. The standard InChI is InChI=1S/C18H18N4OS2.C17H18N4O3S/c1-21-6-8-22(9-7-21)11-14-3-5-17(25-14)18-20-15-10-13(19-12-24)2-4-16(15)23-18;1-19-6-8-20(9-7-19)11-13-3-5-16(25-13)17-18-14-10-12(21(22)23)2-4-15(14)24-17/h2*2-5,10H,6-9,11H2,1H3. The highest BCUT2D eigenvalue weighted by atomic mass is 32.1. The minimum absolute atomic E-state index is 0.0225. The number of benzene rings is 2. The molecule has 6 aromatic rings. The first-order valence-electron chi connectivity index (χ1n) is 16.3. The van der Waals surface area contributed by atoms with Crippen molar-refractivity contribution in [1.29, 1.82) is 0 Å². The van der Waals surface area contributed by atoms with Crippen molar-refractivity contribution in [3.8, 4) is 21.5 Å². The van der Waals surface area contributed by atoms with E-state index in [0.29, 0.717) is 22.9 Å². The summed E-state index contributed by atoms with van der Waals surface area (Å²) in [6.45, 7) is 10.8. The van der Waals surface area contributed by atoms with E-state index in [-0.39, 0.29) is 5.69 Å². The molecule has 12 nitrogen and oxygen atoms in total. The van der Waals surface area contributed by atoms with Crippen molar-refractivity contribution in [3.05, 3.63) is 80.5 Å². The molecule has 2 aromatic carbocycles. The van der Waals surface area contributed by atoms with Crippen LogP contribution in [0.3, 0.4) is 0 Å². The highest BCUT2D eigenvalue weighted by Gasteiger charge is 2.19. The summed E-state index contributed by atoms with van der Waals surface area (Å²) in [5.74, 6) is 1.18. The van der Waals surface area contributed by atoms with Crippen LogP contribution in [0.4, 0.5) is 11.4 Å². The molecule has 0 aliphatic carbocycles. The number of isothiocyanates is 1. The largest absolute Gasteiger partial charge is 0.435 e. The Bertz CT molecular complexity index is 2010. The Balaban J connectivity index is 0.000000157. The maximum atomic E-state index is 10.9. The lowest BCUT2D eigenvalue weighted by molar-refractivity contribution is -0.384. The van der Waals surface area contributed by atoms with Gasteiger partial charge in [0.15, 0.2) is 11.2 Å². The minimum Gasteiger partial charge on any atom is -0.435 e. The van der Waals surface area contributed by atoms with Crippen LogP contribution < -0.4 is 0 Å². The maximum Gasteiger partial charge on any atom is 0.271 e. The highest BCUT2D eigenvalue weighted by molar-refractivity contribution is 7.78. The molecular weight excluding hydrogens is 693 g/mol. The van der Waals surface area contributed by atoms with E-state index in [0.717, 1.165) is 92.0 Å². The van der Waals surface area contributed by atoms with Crippen LogP contribution in [0.25, 0.3) is 43.7 Å². The van der Waals surface area contributed by atoms with Crippen molar-refractivity contribution < 1.29 is 13.8 Å². The molecule has 15 heteroatoms. The first-order chi connectivity index (χ1) is 24.3. The molecule has 2 aliphatic rings. The summed E-state index contributed by atoms with van der Waals surface area (Å²) in [4.78, 5) is 37.7. The van der Waals surface area contributed by atoms with Gasteiger partial charge in [-0.3, -0.25) is 19.9 Å². The Kier molecular flexibility index (Phi) is 10.5. The summed E-state index contributed by atoms with van der Waals surface area (Å²) in [6.07, 6.45) is 0.